The molecule has 3 nitrogen and oxygen atoms in total. The molecule has 1 rings (SSSR count). The highest BCUT2D eigenvalue weighted by Crippen LogP contribution is 2.38. The number of carbonyl (C=O) groups excluding carboxylic acids is 1. The van der Waals surface area contributed by atoms with Crippen molar-refractivity contribution in [3.05, 3.63) is 12.2 Å². The summed E-state index contributed by atoms with van der Waals surface area (Å²) < 4.78 is 0. The maximum Gasteiger partial charge on any atom is 0.230 e. The Balaban J connectivity index is 2.70. The van der Waals surface area contributed by atoms with Gasteiger partial charge in [0.15, 0.2) is 0 Å². The Morgan fingerprint density at radius 2 is 2.27 bits per heavy atom. The van der Waals surface area contributed by atoms with E-state index in [2.05, 4.69) is 6.58 Å². The molecule has 86 valence electrons. The molecule has 2 N–H and O–H groups in total. The third-order valence-electron chi connectivity index (χ3n) is 3.37. The van der Waals surface area contributed by atoms with E-state index in [1.807, 2.05) is 20.9 Å². The van der Waals surface area contributed by atoms with Gasteiger partial charge in [0.2, 0.25) is 5.91 Å². The number of nitrogens with zero attached hydrogens (tertiary/aromatic N) is 1. The Hall–Kier alpha value is -0.830. The fourth-order valence-electron chi connectivity index (χ4n) is 2.37. The molecule has 0 radical (unpaired) electrons. The van der Waals surface area contributed by atoms with Gasteiger partial charge in [0.25, 0.3) is 0 Å². The van der Waals surface area contributed by atoms with Crippen LogP contribution in [-0.2, 0) is 4.79 Å². The van der Waals surface area contributed by atoms with Crippen molar-refractivity contribution in [2.24, 2.45) is 11.1 Å². The predicted molar refractivity (Wildman–Crippen MR) is 62.4 cm³/mol. The molecule has 1 aliphatic rings. The first-order valence-corrected chi connectivity index (χ1v) is 5.53. The van der Waals surface area contributed by atoms with Gasteiger partial charge in [-0.2, -0.15) is 0 Å². The Labute approximate surface area is 92.3 Å². The van der Waals surface area contributed by atoms with Crippen LogP contribution in [0.2, 0.25) is 0 Å². The molecule has 0 saturated heterocycles. The number of hydrogen-bond donors (Lipinski definition) is 1. The molecule has 0 aromatic rings. The summed E-state index contributed by atoms with van der Waals surface area (Å²) in [5.74, 6) is 0.163. The van der Waals surface area contributed by atoms with Crippen LogP contribution in [0.5, 0.6) is 0 Å². The van der Waals surface area contributed by atoms with Gasteiger partial charge in [-0.05, 0) is 26.7 Å². The Bertz CT molecular complexity index is 275. The summed E-state index contributed by atoms with van der Waals surface area (Å²) in [6.45, 7) is 8.37. The van der Waals surface area contributed by atoms with E-state index in [4.69, 9.17) is 5.73 Å². The normalized spacial score (nSPS) is 30.3. The van der Waals surface area contributed by atoms with Crippen LogP contribution in [0.15, 0.2) is 12.2 Å². The first kappa shape index (κ1) is 12.2. The van der Waals surface area contributed by atoms with Crippen LogP contribution in [0.1, 0.15) is 33.1 Å². The minimum absolute atomic E-state index is 0.0116. The lowest BCUT2D eigenvalue weighted by atomic mass is 9.83. The number of likely N-dealkylation sites (N-methyl/N-ethyl adjacent to an activating group) is 1. The Morgan fingerprint density at radius 3 is 2.67 bits per heavy atom. The molecule has 0 aromatic heterocycles. The monoisotopic (exact) mass is 210 g/mol. The van der Waals surface area contributed by atoms with Gasteiger partial charge in [0, 0.05) is 19.6 Å². The summed E-state index contributed by atoms with van der Waals surface area (Å²) in [5, 5.41) is 0. The maximum absolute atomic E-state index is 12.2. The van der Waals surface area contributed by atoms with E-state index in [9.17, 15) is 4.79 Å². The van der Waals surface area contributed by atoms with Crippen molar-refractivity contribution in [1.29, 1.82) is 0 Å². The molecule has 2 unspecified atom stereocenters. The zero-order chi connectivity index (χ0) is 11.6. The highest BCUT2D eigenvalue weighted by atomic mass is 16.2. The van der Waals surface area contributed by atoms with Gasteiger partial charge in [0.1, 0.15) is 0 Å². The molecule has 15 heavy (non-hydrogen) atoms. The molecule has 3 heteroatoms. The van der Waals surface area contributed by atoms with Crippen molar-refractivity contribution >= 4 is 5.91 Å². The van der Waals surface area contributed by atoms with Crippen molar-refractivity contribution in [2.45, 2.75) is 39.2 Å². The van der Waals surface area contributed by atoms with Crippen LogP contribution in [0.25, 0.3) is 0 Å². The zero-order valence-electron chi connectivity index (χ0n) is 10.0. The Kier molecular flexibility index (Phi) is 3.55. The van der Waals surface area contributed by atoms with E-state index < -0.39 is 0 Å². The Morgan fingerprint density at radius 1 is 1.67 bits per heavy atom. The predicted octanol–water partition coefficient (Wildman–Crippen LogP) is 1.54. The van der Waals surface area contributed by atoms with Crippen molar-refractivity contribution in [1.82, 2.24) is 4.90 Å². The summed E-state index contributed by atoms with van der Waals surface area (Å²) in [4.78, 5) is 14.0. The lowest BCUT2D eigenvalue weighted by molar-refractivity contribution is -0.139. The smallest absolute Gasteiger partial charge is 0.230 e. The SMILES string of the molecule is C=C(C)CN(C)C(=O)C1(C)CCCC1N. The van der Waals surface area contributed by atoms with Crippen LogP contribution in [0.4, 0.5) is 0 Å². The highest BCUT2D eigenvalue weighted by Gasteiger charge is 2.44. The summed E-state index contributed by atoms with van der Waals surface area (Å²) in [5.41, 5.74) is 6.66. The lowest BCUT2D eigenvalue weighted by Crippen LogP contribution is -2.48. The fourth-order valence-corrected chi connectivity index (χ4v) is 2.37. The van der Waals surface area contributed by atoms with Crippen molar-refractivity contribution < 1.29 is 4.79 Å². The zero-order valence-corrected chi connectivity index (χ0v) is 10.0. The molecule has 0 aliphatic heterocycles. The second-order valence-electron chi connectivity index (χ2n) is 5.03. The minimum Gasteiger partial charge on any atom is -0.341 e. The van der Waals surface area contributed by atoms with E-state index in [1.165, 1.54) is 0 Å². The molecule has 1 saturated carbocycles. The van der Waals surface area contributed by atoms with Gasteiger partial charge < -0.3 is 10.6 Å². The van der Waals surface area contributed by atoms with Gasteiger partial charge in [0.05, 0.1) is 5.41 Å². The lowest BCUT2D eigenvalue weighted by Gasteiger charge is -2.32. The van der Waals surface area contributed by atoms with Crippen LogP contribution in [0, 0.1) is 5.41 Å². The van der Waals surface area contributed by atoms with Crippen LogP contribution < -0.4 is 5.73 Å². The van der Waals surface area contributed by atoms with Crippen molar-refractivity contribution in [3.8, 4) is 0 Å². The van der Waals surface area contributed by atoms with E-state index in [-0.39, 0.29) is 17.4 Å². The maximum atomic E-state index is 12.2. The van der Waals surface area contributed by atoms with Crippen molar-refractivity contribution in [2.75, 3.05) is 13.6 Å². The number of hydrogen-bond acceptors (Lipinski definition) is 2. The number of nitrogens with two attached hydrogens (primary N) is 1. The van der Waals surface area contributed by atoms with E-state index in [1.54, 1.807) is 4.90 Å². The molecule has 2 atom stereocenters. The van der Waals surface area contributed by atoms with Gasteiger partial charge in [-0.15, -0.1) is 0 Å². The van der Waals surface area contributed by atoms with Gasteiger partial charge in [-0.25, -0.2) is 0 Å². The quantitative estimate of drug-likeness (QED) is 0.718. The summed E-state index contributed by atoms with van der Waals surface area (Å²) >= 11 is 0. The molecular formula is C12H22N2O. The number of amides is 1. The first-order chi connectivity index (χ1) is 6.88. The highest BCUT2D eigenvalue weighted by molar-refractivity contribution is 5.83. The third-order valence-corrected chi connectivity index (χ3v) is 3.37. The molecule has 0 spiro atoms. The second-order valence-corrected chi connectivity index (χ2v) is 5.03. The van der Waals surface area contributed by atoms with E-state index in [0.717, 1.165) is 24.8 Å². The minimum atomic E-state index is -0.357. The first-order valence-electron chi connectivity index (χ1n) is 5.53. The van der Waals surface area contributed by atoms with Crippen molar-refractivity contribution in [3.63, 3.8) is 0 Å². The molecule has 1 amide bonds. The molecule has 0 bridgehead atoms. The van der Waals surface area contributed by atoms with E-state index in [0.29, 0.717) is 6.54 Å². The van der Waals surface area contributed by atoms with E-state index >= 15 is 0 Å². The summed E-state index contributed by atoms with van der Waals surface area (Å²) in [6, 6.07) is 0.0116. The van der Waals surface area contributed by atoms with Crippen LogP contribution in [-0.4, -0.2) is 30.4 Å². The third kappa shape index (κ3) is 2.40. The van der Waals surface area contributed by atoms with Crippen LogP contribution >= 0.6 is 0 Å². The average Bonchev–Trinajstić information content (AvgIpc) is 2.46. The van der Waals surface area contributed by atoms with Gasteiger partial charge >= 0.3 is 0 Å². The van der Waals surface area contributed by atoms with Gasteiger partial charge in [-0.3, -0.25) is 4.79 Å². The van der Waals surface area contributed by atoms with Crippen LogP contribution in [0.3, 0.4) is 0 Å². The molecule has 0 heterocycles. The molecule has 0 aromatic carbocycles. The standard InChI is InChI=1S/C12H22N2O/c1-9(2)8-14(4)11(15)12(3)7-5-6-10(12)13/h10H,1,5-8,13H2,2-4H3. The molecular weight excluding hydrogens is 188 g/mol. The van der Waals surface area contributed by atoms with Gasteiger partial charge in [-0.1, -0.05) is 18.6 Å². The second kappa shape index (κ2) is 4.35. The number of carbonyl (C=O) groups is 1. The largest absolute Gasteiger partial charge is 0.341 e. The molecule has 1 aliphatic carbocycles. The number of rotatable bonds is 3. The average molecular weight is 210 g/mol. The fraction of sp³-hybridized carbons (Fsp3) is 0.750. The molecule has 1 fully saturated rings. The summed E-state index contributed by atoms with van der Waals surface area (Å²) in [7, 11) is 1.83. The summed E-state index contributed by atoms with van der Waals surface area (Å²) in [6.07, 6.45) is 2.93. The topological polar surface area (TPSA) is 46.3 Å².